The molecule has 0 unspecified atom stereocenters. The van der Waals surface area contributed by atoms with Crippen LogP contribution in [0, 0.1) is 0 Å². The Kier molecular flexibility index (Phi) is 48.1. The number of nitrogens with zero attached hydrogens (tertiary/aromatic N) is 4. The lowest BCUT2D eigenvalue weighted by molar-refractivity contribution is 0.102. The van der Waals surface area contributed by atoms with Crippen LogP contribution in [0.25, 0.3) is 42.3 Å². The van der Waals surface area contributed by atoms with Crippen molar-refractivity contribution in [3.8, 4) is 76.8 Å². The van der Waals surface area contributed by atoms with E-state index < -0.39 is 0 Å². The highest BCUT2D eigenvalue weighted by atomic mass is 32.1. The van der Waals surface area contributed by atoms with E-state index in [0.29, 0.717) is 95.3 Å². The number of anilines is 2. The topological polar surface area (TPSA) is 165 Å². The van der Waals surface area contributed by atoms with Crippen molar-refractivity contribution in [3.63, 3.8) is 0 Å². The van der Waals surface area contributed by atoms with Gasteiger partial charge in [-0.05, 0) is 123 Å². The second kappa shape index (κ2) is 58.3. The minimum absolute atomic E-state index is 0.305. The Morgan fingerprint density at radius 1 is 0.252 bits per heavy atom. The first-order valence-corrected chi connectivity index (χ1v) is 46.9. The Bertz CT molecular complexity index is 3240. The molecule has 3 aromatic heterocycles. The summed E-state index contributed by atoms with van der Waals surface area (Å²) in [6.45, 7) is 17.2. The number of aromatic nitrogens is 4. The number of carbonyl (C=O) groups excluding carboxylic acids is 2. The van der Waals surface area contributed by atoms with E-state index in [-0.39, 0.29) is 11.8 Å². The van der Waals surface area contributed by atoms with Crippen LogP contribution in [-0.4, -0.2) is 71.9 Å². The average molecular weight is 1580 g/mol. The van der Waals surface area contributed by atoms with Gasteiger partial charge in [-0.1, -0.05) is 334 Å². The second-order valence-electron chi connectivity index (χ2n) is 30.6. The maximum atomic E-state index is 13.8. The Hall–Kier alpha value is -6.56. The molecule has 17 heteroatoms. The van der Waals surface area contributed by atoms with Crippen LogP contribution in [0.3, 0.4) is 0 Å². The first-order chi connectivity index (χ1) is 54.7. The van der Waals surface area contributed by atoms with E-state index >= 15 is 0 Å². The molecule has 0 atom stereocenters. The van der Waals surface area contributed by atoms with Gasteiger partial charge in [0.1, 0.15) is 20.0 Å². The van der Waals surface area contributed by atoms with E-state index in [9.17, 15) is 9.59 Å². The number of thiophene rings is 1. The number of ether oxygens (including phenoxy) is 6. The molecule has 7 aromatic rings. The maximum Gasteiger partial charge on any atom is 0.265 e. The van der Waals surface area contributed by atoms with Gasteiger partial charge >= 0.3 is 0 Å². The molecule has 0 saturated carbocycles. The van der Waals surface area contributed by atoms with E-state index in [1.165, 1.54) is 254 Å². The third-order valence-electron chi connectivity index (χ3n) is 20.7. The molecule has 614 valence electrons. The van der Waals surface area contributed by atoms with Crippen LogP contribution in [0.4, 0.5) is 11.4 Å². The Morgan fingerprint density at radius 2 is 0.459 bits per heavy atom. The number of rotatable bonds is 68. The van der Waals surface area contributed by atoms with Crippen molar-refractivity contribution in [1.82, 2.24) is 20.4 Å². The van der Waals surface area contributed by atoms with Crippen LogP contribution in [0.15, 0.2) is 84.9 Å². The van der Waals surface area contributed by atoms with Crippen LogP contribution < -0.4 is 39.1 Å². The maximum absolute atomic E-state index is 13.8. The third kappa shape index (κ3) is 36.6. The van der Waals surface area contributed by atoms with E-state index in [0.717, 1.165) is 131 Å². The molecule has 0 radical (unpaired) electrons. The van der Waals surface area contributed by atoms with Crippen molar-refractivity contribution in [2.75, 3.05) is 50.3 Å². The quantitative estimate of drug-likeness (QED) is 0.0347. The predicted octanol–water partition coefficient (Wildman–Crippen LogP) is 29.7. The summed E-state index contributed by atoms with van der Waals surface area (Å²) in [6.07, 6.45) is 58.8. The van der Waals surface area contributed by atoms with Gasteiger partial charge in [-0.25, -0.2) is 0 Å². The van der Waals surface area contributed by atoms with E-state index in [1.54, 1.807) is 12.1 Å². The van der Waals surface area contributed by atoms with Crippen LogP contribution >= 0.6 is 34.0 Å². The van der Waals surface area contributed by atoms with Crippen molar-refractivity contribution in [2.45, 2.75) is 350 Å². The highest BCUT2D eigenvalue weighted by molar-refractivity contribution is 7.18. The van der Waals surface area contributed by atoms with Crippen molar-refractivity contribution < 1.29 is 38.0 Å². The Labute approximate surface area is 682 Å². The molecule has 7 rings (SSSR count). The molecular formula is C94H142N6O8S3. The zero-order valence-electron chi connectivity index (χ0n) is 69.5. The van der Waals surface area contributed by atoms with Crippen LogP contribution in [0.2, 0.25) is 0 Å². The molecule has 14 nitrogen and oxygen atoms in total. The fraction of sp³-hybridized carbons (Fsp3) is 0.638. The first-order valence-electron chi connectivity index (χ1n) is 44.5. The molecule has 111 heavy (non-hydrogen) atoms. The summed E-state index contributed by atoms with van der Waals surface area (Å²) in [4.78, 5) is 28.4. The standard InChI is InChI=1S/C94H142N6O8S3/c1-7-13-19-25-31-37-43-49-65-103-81-71-77(72-82(104-66-50-44-38-32-26-20-14-8-2)87(81)107-69-53-47-41-35-29-23-17-11-5)93-99-97-91(110-93)75-55-59-79(60-56-75)95-89(101)85-63-64-86(109-85)90(102)96-80-61-57-76(58-62-80)92-98-100-94(111-92)78-73-83(105-67-51-45-39-33-27-21-15-9-3)88(108-70-54-48-42-36-30-24-18-12-6)84(74-78)106-68-52-46-40-34-28-22-16-10-4/h55-64,71-74H,7-54,65-70H2,1-6H3,(H,95,101)(H,96,102). The molecular weight excluding hydrogens is 1440 g/mol. The zero-order chi connectivity index (χ0) is 78.2. The van der Waals surface area contributed by atoms with Crippen LogP contribution in [0.1, 0.15) is 369 Å². The Balaban J connectivity index is 0.981. The molecule has 3 heterocycles. The monoisotopic (exact) mass is 1580 g/mol. The summed E-state index contributed by atoms with van der Waals surface area (Å²) in [5.41, 5.74) is 4.74. The van der Waals surface area contributed by atoms with Gasteiger partial charge in [0.15, 0.2) is 23.0 Å². The summed E-state index contributed by atoms with van der Waals surface area (Å²) in [6, 6.07) is 26.9. The molecule has 0 aliphatic heterocycles. The molecule has 2 amide bonds. The van der Waals surface area contributed by atoms with Gasteiger partial charge in [-0.15, -0.1) is 31.7 Å². The van der Waals surface area contributed by atoms with Gasteiger partial charge < -0.3 is 39.1 Å². The summed E-state index contributed by atoms with van der Waals surface area (Å²) in [7, 11) is 0. The number of hydrogen-bond acceptors (Lipinski definition) is 15. The molecule has 2 N–H and O–H groups in total. The minimum atomic E-state index is -0.305. The molecule has 4 aromatic carbocycles. The number of benzene rings is 4. The largest absolute Gasteiger partial charge is 0.490 e. The first kappa shape index (κ1) is 91.6. The fourth-order valence-corrected chi connectivity index (χ4v) is 16.3. The highest BCUT2D eigenvalue weighted by Crippen LogP contribution is 2.46. The Morgan fingerprint density at radius 3 is 0.694 bits per heavy atom. The SMILES string of the molecule is CCCCCCCCCCOc1cc(-c2nnc(-c3ccc(NC(=O)c4ccc(C(=O)Nc5ccc(-c6nnc(-c7cc(OCCCCCCCCCC)c(OCCCCCCCCCC)c(OCCCCCCCCCC)c7)s6)cc5)s4)cc3)s2)cc(OCCCCCCCCCC)c1OCCCCCCCCCC. The van der Waals surface area contributed by atoms with Gasteiger partial charge in [0.05, 0.1) is 49.4 Å². The average Bonchev–Trinajstić information content (AvgIpc) is 1.78. The highest BCUT2D eigenvalue weighted by Gasteiger charge is 2.23. The lowest BCUT2D eigenvalue weighted by atomic mass is 10.1. The van der Waals surface area contributed by atoms with Crippen molar-refractivity contribution in [1.29, 1.82) is 0 Å². The normalized spacial score (nSPS) is 11.4. The van der Waals surface area contributed by atoms with Gasteiger partial charge in [0.25, 0.3) is 11.8 Å². The third-order valence-corrected chi connectivity index (χ3v) is 23.9. The molecule has 0 fully saturated rings. The molecule has 0 spiro atoms. The van der Waals surface area contributed by atoms with Gasteiger partial charge in [0.2, 0.25) is 11.5 Å². The summed E-state index contributed by atoms with van der Waals surface area (Å²) in [5.74, 6) is 3.56. The number of unbranched alkanes of at least 4 members (excludes halogenated alkanes) is 42. The van der Waals surface area contributed by atoms with E-state index in [2.05, 4.69) is 86.6 Å². The smallest absolute Gasteiger partial charge is 0.265 e. The van der Waals surface area contributed by atoms with E-state index in [1.807, 2.05) is 48.5 Å². The number of carbonyl (C=O) groups is 2. The van der Waals surface area contributed by atoms with Crippen LogP contribution in [0.5, 0.6) is 34.5 Å². The number of amides is 2. The molecule has 0 aliphatic rings. The molecule has 0 saturated heterocycles. The van der Waals surface area contributed by atoms with Gasteiger partial charge in [0, 0.05) is 33.6 Å². The zero-order valence-corrected chi connectivity index (χ0v) is 72.0. The summed E-state index contributed by atoms with van der Waals surface area (Å²) in [5, 5.41) is 27.9. The molecule has 0 aliphatic carbocycles. The van der Waals surface area contributed by atoms with Crippen molar-refractivity contribution >= 4 is 57.2 Å². The number of hydrogen-bond donors (Lipinski definition) is 2. The van der Waals surface area contributed by atoms with Crippen LogP contribution in [-0.2, 0) is 0 Å². The summed E-state index contributed by atoms with van der Waals surface area (Å²) < 4.78 is 40.1. The van der Waals surface area contributed by atoms with Gasteiger partial charge in [-0.3, -0.25) is 9.59 Å². The van der Waals surface area contributed by atoms with Crippen molar-refractivity contribution in [2.24, 2.45) is 0 Å². The van der Waals surface area contributed by atoms with Crippen molar-refractivity contribution in [3.05, 3.63) is 94.7 Å². The van der Waals surface area contributed by atoms with Gasteiger partial charge in [-0.2, -0.15) is 0 Å². The van der Waals surface area contributed by atoms with E-state index in [4.69, 9.17) is 38.6 Å². The fourth-order valence-electron chi connectivity index (χ4n) is 13.9. The second-order valence-corrected chi connectivity index (χ2v) is 33.6. The lowest BCUT2D eigenvalue weighted by Gasteiger charge is -2.18. The lowest BCUT2D eigenvalue weighted by Crippen LogP contribution is -2.11. The molecule has 0 bridgehead atoms. The summed E-state index contributed by atoms with van der Waals surface area (Å²) >= 11 is 4.15. The minimum Gasteiger partial charge on any atom is -0.490 e. The predicted molar refractivity (Wildman–Crippen MR) is 470 cm³/mol. The number of nitrogens with one attached hydrogen (secondary N) is 2.